The highest BCUT2D eigenvalue weighted by molar-refractivity contribution is 7.80. The lowest BCUT2D eigenvalue weighted by atomic mass is 10.0. The molecule has 3 rings (SSSR count). The Morgan fingerprint density at radius 3 is 2.29 bits per heavy atom. The molecule has 0 bridgehead atoms. The molecule has 1 aromatic rings. The minimum Gasteiger partial charge on any atom is -0.358 e. The minimum atomic E-state index is -0.101. The van der Waals surface area contributed by atoms with Gasteiger partial charge < -0.3 is 20.4 Å². The largest absolute Gasteiger partial charge is 0.358 e. The monoisotopic (exact) mass is 404 g/mol. The number of nitrogens with one attached hydrogen (secondary N) is 2. The Kier molecular flexibility index (Phi) is 6.96. The van der Waals surface area contributed by atoms with Gasteiger partial charge in [0.1, 0.15) is 11.6 Å². The van der Waals surface area contributed by atoms with Crippen molar-refractivity contribution in [3.05, 3.63) is 6.07 Å². The highest BCUT2D eigenvalue weighted by Gasteiger charge is 2.23. The van der Waals surface area contributed by atoms with Gasteiger partial charge in [-0.1, -0.05) is 12.8 Å². The van der Waals surface area contributed by atoms with E-state index < -0.39 is 0 Å². The lowest BCUT2D eigenvalue weighted by Gasteiger charge is -2.35. The Bertz CT molecular complexity index is 663. The normalized spacial score (nSPS) is 21.2. The van der Waals surface area contributed by atoms with Crippen LogP contribution in [0.3, 0.4) is 0 Å². The maximum Gasteiger partial charge on any atom is 0.232 e. The van der Waals surface area contributed by atoms with Crippen LogP contribution in [0.15, 0.2) is 6.07 Å². The second-order valence-corrected chi connectivity index (χ2v) is 9.58. The molecule has 1 unspecified atom stereocenters. The van der Waals surface area contributed by atoms with Crippen molar-refractivity contribution >= 4 is 34.9 Å². The first-order valence-electron chi connectivity index (χ1n) is 10.8. The van der Waals surface area contributed by atoms with Crippen molar-refractivity contribution in [2.75, 3.05) is 34.8 Å². The molecule has 1 atom stereocenters. The molecule has 2 aliphatic heterocycles. The summed E-state index contributed by atoms with van der Waals surface area (Å²) in [7, 11) is 0. The maximum atomic E-state index is 5.50. The van der Waals surface area contributed by atoms with Gasteiger partial charge in [-0.2, -0.15) is 9.97 Å². The highest BCUT2D eigenvalue weighted by Crippen LogP contribution is 2.28. The van der Waals surface area contributed by atoms with Crippen molar-refractivity contribution in [3.63, 3.8) is 0 Å². The summed E-state index contributed by atoms with van der Waals surface area (Å²) in [5, 5.41) is 7.10. The number of rotatable bonds is 3. The Balaban J connectivity index is 1.87. The van der Waals surface area contributed by atoms with Crippen LogP contribution in [0.2, 0.25) is 0 Å². The fraction of sp³-hybridized carbons (Fsp3) is 0.762. The number of hydrogen-bond acceptors (Lipinski definition) is 5. The number of hydrogen-bond donors (Lipinski definition) is 2. The van der Waals surface area contributed by atoms with E-state index in [1.54, 1.807) is 0 Å². The molecule has 6 nitrogen and oxygen atoms in total. The van der Waals surface area contributed by atoms with Gasteiger partial charge in [-0.25, -0.2) is 0 Å². The second kappa shape index (κ2) is 9.25. The predicted molar refractivity (Wildman–Crippen MR) is 122 cm³/mol. The molecule has 7 heteroatoms. The summed E-state index contributed by atoms with van der Waals surface area (Å²) in [4.78, 5) is 14.5. The highest BCUT2D eigenvalue weighted by atomic mass is 32.1. The average Bonchev–Trinajstić information content (AvgIpc) is 2.89. The molecule has 2 saturated heterocycles. The molecule has 156 valence electrons. The summed E-state index contributed by atoms with van der Waals surface area (Å²) in [5.74, 6) is 2.63. The molecule has 2 fully saturated rings. The van der Waals surface area contributed by atoms with Crippen molar-refractivity contribution in [2.45, 2.75) is 84.2 Å². The van der Waals surface area contributed by atoms with Gasteiger partial charge in [0.05, 0.1) is 0 Å². The molecule has 0 spiro atoms. The van der Waals surface area contributed by atoms with Gasteiger partial charge in [0.15, 0.2) is 5.11 Å². The van der Waals surface area contributed by atoms with Crippen LogP contribution in [0.4, 0.5) is 17.6 Å². The smallest absolute Gasteiger partial charge is 0.232 e. The van der Waals surface area contributed by atoms with Crippen molar-refractivity contribution < 1.29 is 0 Å². The summed E-state index contributed by atoms with van der Waals surface area (Å²) in [6, 6.07) is 2.69. The first-order valence-corrected chi connectivity index (χ1v) is 11.2. The van der Waals surface area contributed by atoms with E-state index >= 15 is 0 Å². The quantitative estimate of drug-likeness (QED) is 0.728. The first-order chi connectivity index (χ1) is 13.3. The van der Waals surface area contributed by atoms with Crippen LogP contribution in [0.25, 0.3) is 0 Å². The molecule has 0 aliphatic carbocycles. The molecule has 0 aromatic carbocycles. The molecule has 2 N–H and O–H groups in total. The fourth-order valence-electron chi connectivity index (χ4n) is 4.00. The lowest BCUT2D eigenvalue weighted by Crippen LogP contribution is -2.43. The van der Waals surface area contributed by atoms with Crippen molar-refractivity contribution in [2.24, 2.45) is 0 Å². The molecule has 28 heavy (non-hydrogen) atoms. The number of anilines is 3. The summed E-state index contributed by atoms with van der Waals surface area (Å²) in [6.45, 7) is 11.8. The molecule has 0 amide bonds. The van der Waals surface area contributed by atoms with Crippen LogP contribution in [0, 0.1) is 0 Å². The minimum absolute atomic E-state index is 0.101. The van der Waals surface area contributed by atoms with E-state index in [0.717, 1.165) is 31.3 Å². The van der Waals surface area contributed by atoms with Gasteiger partial charge >= 0.3 is 0 Å². The molecule has 0 radical (unpaired) electrons. The fourth-order valence-corrected chi connectivity index (χ4v) is 4.40. The van der Waals surface area contributed by atoms with Gasteiger partial charge in [0.25, 0.3) is 0 Å². The maximum absolute atomic E-state index is 5.50. The molecule has 0 saturated carbocycles. The molecular weight excluding hydrogens is 368 g/mol. The summed E-state index contributed by atoms with van der Waals surface area (Å²) >= 11 is 5.50. The van der Waals surface area contributed by atoms with Gasteiger partial charge in [-0.15, -0.1) is 0 Å². The Labute approximate surface area is 175 Å². The third kappa shape index (κ3) is 5.93. The van der Waals surface area contributed by atoms with Crippen LogP contribution < -0.4 is 20.4 Å². The van der Waals surface area contributed by atoms with Crippen LogP contribution in [-0.4, -0.2) is 46.3 Å². The van der Waals surface area contributed by atoms with E-state index in [4.69, 9.17) is 22.2 Å². The molecule has 3 heterocycles. The molecule has 2 aliphatic rings. The molecular formula is C21H36N6S. The number of piperidine rings is 1. The van der Waals surface area contributed by atoms with E-state index in [1.165, 1.54) is 44.9 Å². The third-order valence-corrected chi connectivity index (χ3v) is 5.64. The topological polar surface area (TPSA) is 56.3 Å². The number of nitrogens with zero attached hydrogens (tertiary/aromatic N) is 4. The van der Waals surface area contributed by atoms with E-state index in [9.17, 15) is 0 Å². The van der Waals surface area contributed by atoms with E-state index in [-0.39, 0.29) is 5.54 Å². The van der Waals surface area contributed by atoms with Crippen LogP contribution in [0.1, 0.15) is 72.6 Å². The molecule has 1 aromatic heterocycles. The Morgan fingerprint density at radius 1 is 1.00 bits per heavy atom. The number of thiocarbonyl (C=S) groups is 1. The van der Waals surface area contributed by atoms with Crippen molar-refractivity contribution in [3.8, 4) is 0 Å². The second-order valence-electron chi connectivity index (χ2n) is 9.18. The standard InChI is InChI=1S/C21H36N6S/c1-16-11-7-10-14-27(16)18-15-17(26-12-8-5-6-9-13-26)22-19(23-18)24-20(28)25-21(2,3)4/h15-16H,5-14H2,1-4H3,(H2,22,23,24,25,28). The zero-order valence-corrected chi connectivity index (χ0v) is 18.7. The van der Waals surface area contributed by atoms with Crippen LogP contribution in [0.5, 0.6) is 0 Å². The third-order valence-electron chi connectivity index (χ3n) is 5.44. The van der Waals surface area contributed by atoms with E-state index in [2.05, 4.69) is 54.2 Å². The first kappa shape index (κ1) is 21.1. The van der Waals surface area contributed by atoms with Gasteiger partial charge in [0, 0.05) is 37.3 Å². The Morgan fingerprint density at radius 2 is 1.64 bits per heavy atom. The van der Waals surface area contributed by atoms with E-state index in [1.807, 2.05) is 0 Å². The summed E-state index contributed by atoms with van der Waals surface area (Å²) in [5.41, 5.74) is -0.101. The predicted octanol–water partition coefficient (Wildman–Crippen LogP) is 4.32. The summed E-state index contributed by atoms with van der Waals surface area (Å²) < 4.78 is 0. The zero-order chi connectivity index (χ0) is 20.1. The number of aromatic nitrogens is 2. The van der Waals surface area contributed by atoms with E-state index in [0.29, 0.717) is 17.1 Å². The van der Waals surface area contributed by atoms with Crippen LogP contribution in [-0.2, 0) is 0 Å². The lowest BCUT2D eigenvalue weighted by molar-refractivity contribution is 0.481. The zero-order valence-electron chi connectivity index (χ0n) is 17.9. The van der Waals surface area contributed by atoms with Crippen LogP contribution >= 0.6 is 12.2 Å². The van der Waals surface area contributed by atoms with Gasteiger partial charge in [0.2, 0.25) is 5.95 Å². The van der Waals surface area contributed by atoms with Gasteiger partial charge in [-0.3, -0.25) is 0 Å². The van der Waals surface area contributed by atoms with Crippen molar-refractivity contribution in [1.29, 1.82) is 0 Å². The Hall–Kier alpha value is -1.63. The average molecular weight is 405 g/mol. The van der Waals surface area contributed by atoms with Gasteiger partial charge in [-0.05, 0) is 72.0 Å². The summed E-state index contributed by atoms with van der Waals surface area (Å²) in [6.07, 6.45) is 8.81. The SMILES string of the molecule is CC1CCCCN1c1cc(N2CCCCCC2)nc(NC(=S)NC(C)(C)C)n1. The van der Waals surface area contributed by atoms with Crippen molar-refractivity contribution in [1.82, 2.24) is 15.3 Å².